The molecule has 5 rings (SSSR count). The van der Waals surface area contributed by atoms with Crippen LogP contribution in [-0.2, 0) is 13.6 Å². The van der Waals surface area contributed by atoms with Gasteiger partial charge in [-0.3, -0.25) is 4.68 Å². The zero-order chi connectivity index (χ0) is 21.5. The predicted octanol–water partition coefficient (Wildman–Crippen LogP) is 2.33. The van der Waals surface area contributed by atoms with Gasteiger partial charge in [-0.15, -0.1) is 0 Å². The minimum atomic E-state index is 0.266. The Kier molecular flexibility index (Phi) is 4.86. The molecule has 8 nitrogen and oxygen atoms in total. The molecule has 4 heterocycles. The van der Waals surface area contributed by atoms with Crippen LogP contribution < -0.4 is 16.4 Å². The van der Waals surface area contributed by atoms with Crippen molar-refractivity contribution in [1.29, 1.82) is 0 Å². The van der Waals surface area contributed by atoms with Crippen molar-refractivity contribution in [2.75, 3.05) is 30.8 Å². The molecule has 3 aromatic rings. The summed E-state index contributed by atoms with van der Waals surface area (Å²) in [5.74, 6) is 0.753. The van der Waals surface area contributed by atoms with Crippen molar-refractivity contribution in [1.82, 2.24) is 24.6 Å². The molecular formula is C23H28N8. The number of aryl methyl sites for hydroxylation is 1. The van der Waals surface area contributed by atoms with E-state index in [1.54, 1.807) is 0 Å². The van der Waals surface area contributed by atoms with Gasteiger partial charge in [-0.1, -0.05) is 12.1 Å². The van der Waals surface area contributed by atoms with Crippen LogP contribution in [0.4, 0.5) is 11.6 Å². The maximum absolute atomic E-state index is 6.09. The molecule has 160 valence electrons. The average molecular weight is 417 g/mol. The minimum absolute atomic E-state index is 0.266. The van der Waals surface area contributed by atoms with Crippen LogP contribution in [0.1, 0.15) is 29.7 Å². The van der Waals surface area contributed by atoms with Crippen LogP contribution in [-0.4, -0.2) is 50.8 Å². The van der Waals surface area contributed by atoms with Gasteiger partial charge >= 0.3 is 0 Å². The van der Waals surface area contributed by atoms with Crippen molar-refractivity contribution >= 4 is 23.4 Å². The largest absolute Gasteiger partial charge is 0.399 e. The fourth-order valence-corrected chi connectivity index (χ4v) is 4.32. The van der Waals surface area contributed by atoms with Gasteiger partial charge in [-0.2, -0.15) is 5.10 Å². The number of rotatable bonds is 3. The summed E-state index contributed by atoms with van der Waals surface area (Å²) in [7, 11) is 4.03. The summed E-state index contributed by atoms with van der Waals surface area (Å²) in [6.45, 7) is 2.50. The van der Waals surface area contributed by atoms with Gasteiger partial charge < -0.3 is 21.3 Å². The number of nitrogens with two attached hydrogens (primary N) is 2. The van der Waals surface area contributed by atoms with Gasteiger partial charge in [-0.25, -0.2) is 9.97 Å². The molecule has 2 aliphatic rings. The fraction of sp³-hybridized carbons (Fsp3) is 0.348. The summed E-state index contributed by atoms with van der Waals surface area (Å²) in [5, 5.41) is 4.57. The molecule has 4 N–H and O–H groups in total. The van der Waals surface area contributed by atoms with E-state index in [1.165, 1.54) is 0 Å². The Hall–Kier alpha value is -3.39. The number of fused-ring (bicyclic) bond motifs is 1. The normalized spacial score (nSPS) is 16.9. The molecule has 0 atom stereocenters. The standard InChI is InChI=1S/C23H28N8/c1-29-14-20-16(13-30(2)28-20)11-21(29)19-12-26-23(31-9-7-18(25)8-10-31)27-22(19)15-3-5-17(24)6-4-15/h3-6,11-13,18H,7-10,14,24-25H2,1-2H3. The molecule has 0 unspecified atom stereocenters. The molecule has 1 saturated heterocycles. The van der Waals surface area contributed by atoms with Crippen LogP contribution in [0.15, 0.2) is 36.7 Å². The Balaban J connectivity index is 1.61. The molecule has 0 amide bonds. The summed E-state index contributed by atoms with van der Waals surface area (Å²) in [6, 6.07) is 8.14. The zero-order valence-electron chi connectivity index (χ0n) is 18.0. The Morgan fingerprint density at radius 2 is 1.81 bits per heavy atom. The highest BCUT2D eigenvalue weighted by Gasteiger charge is 2.25. The van der Waals surface area contributed by atoms with Crippen LogP contribution in [0, 0.1) is 0 Å². The molecule has 1 fully saturated rings. The van der Waals surface area contributed by atoms with Crippen LogP contribution in [0.2, 0.25) is 0 Å². The highest BCUT2D eigenvalue weighted by Crippen LogP contribution is 2.35. The van der Waals surface area contributed by atoms with Crippen molar-refractivity contribution in [3.8, 4) is 11.3 Å². The molecule has 0 bridgehead atoms. The second kappa shape index (κ2) is 7.70. The highest BCUT2D eigenvalue weighted by atomic mass is 15.3. The first-order valence-corrected chi connectivity index (χ1v) is 10.7. The Bertz CT molecular complexity index is 1120. The third-order valence-corrected chi connectivity index (χ3v) is 6.09. The second-order valence-electron chi connectivity index (χ2n) is 8.47. The molecule has 0 spiro atoms. The van der Waals surface area contributed by atoms with Crippen LogP contribution in [0.5, 0.6) is 0 Å². The molecule has 8 heteroatoms. The number of nitrogens with zero attached hydrogens (tertiary/aromatic N) is 6. The monoisotopic (exact) mass is 416 g/mol. The van der Waals surface area contributed by atoms with Gasteiger partial charge in [0.05, 0.1) is 17.9 Å². The number of piperidine rings is 1. The summed E-state index contributed by atoms with van der Waals surface area (Å²) >= 11 is 0. The lowest BCUT2D eigenvalue weighted by Gasteiger charge is -2.31. The second-order valence-corrected chi connectivity index (χ2v) is 8.47. The number of hydrogen-bond acceptors (Lipinski definition) is 7. The van der Waals surface area contributed by atoms with E-state index in [4.69, 9.17) is 21.4 Å². The number of aromatic nitrogens is 4. The minimum Gasteiger partial charge on any atom is -0.399 e. The van der Waals surface area contributed by atoms with Crippen molar-refractivity contribution in [2.24, 2.45) is 12.8 Å². The van der Waals surface area contributed by atoms with Crippen molar-refractivity contribution in [3.63, 3.8) is 0 Å². The summed E-state index contributed by atoms with van der Waals surface area (Å²) in [5.41, 5.74) is 19.0. The van der Waals surface area contributed by atoms with E-state index in [0.717, 1.165) is 77.9 Å². The SMILES string of the molecule is CN1Cc2nn(C)cc2C=C1c1cnc(N2CCC(N)CC2)nc1-c1ccc(N)cc1. The van der Waals surface area contributed by atoms with Gasteiger partial charge in [-0.05, 0) is 31.1 Å². The first-order chi connectivity index (χ1) is 15.0. The molecule has 2 aromatic heterocycles. The topological polar surface area (TPSA) is 102 Å². The van der Waals surface area contributed by atoms with Crippen molar-refractivity contribution in [2.45, 2.75) is 25.4 Å². The third-order valence-electron chi connectivity index (χ3n) is 6.09. The van der Waals surface area contributed by atoms with Gasteiger partial charge in [0, 0.05) is 73.7 Å². The van der Waals surface area contributed by atoms with Gasteiger partial charge in [0.1, 0.15) is 0 Å². The lowest BCUT2D eigenvalue weighted by atomic mass is 10.00. The van der Waals surface area contributed by atoms with E-state index in [-0.39, 0.29) is 6.04 Å². The van der Waals surface area contributed by atoms with E-state index < -0.39 is 0 Å². The highest BCUT2D eigenvalue weighted by molar-refractivity contribution is 5.88. The summed E-state index contributed by atoms with van der Waals surface area (Å²) < 4.78 is 1.86. The Labute approximate surface area is 182 Å². The van der Waals surface area contributed by atoms with Gasteiger partial charge in [0.2, 0.25) is 5.95 Å². The Morgan fingerprint density at radius 1 is 1.06 bits per heavy atom. The fourth-order valence-electron chi connectivity index (χ4n) is 4.32. The first-order valence-electron chi connectivity index (χ1n) is 10.7. The predicted molar refractivity (Wildman–Crippen MR) is 124 cm³/mol. The number of hydrogen-bond donors (Lipinski definition) is 2. The maximum atomic E-state index is 6.09. The molecule has 0 aliphatic carbocycles. The Morgan fingerprint density at radius 3 is 2.55 bits per heavy atom. The summed E-state index contributed by atoms with van der Waals surface area (Å²) in [6.07, 6.45) is 8.09. The molecule has 1 aromatic carbocycles. The van der Waals surface area contributed by atoms with Crippen molar-refractivity contribution in [3.05, 3.63) is 53.5 Å². The van der Waals surface area contributed by atoms with E-state index in [0.29, 0.717) is 0 Å². The van der Waals surface area contributed by atoms with Gasteiger partial charge in [0.25, 0.3) is 0 Å². The molecule has 0 saturated carbocycles. The molecule has 31 heavy (non-hydrogen) atoms. The van der Waals surface area contributed by atoms with Crippen LogP contribution in [0.3, 0.4) is 0 Å². The molecule has 2 aliphatic heterocycles. The zero-order valence-corrected chi connectivity index (χ0v) is 18.0. The average Bonchev–Trinajstić information content (AvgIpc) is 3.13. The number of benzene rings is 1. The van der Waals surface area contributed by atoms with Gasteiger partial charge in [0.15, 0.2) is 0 Å². The van der Waals surface area contributed by atoms with E-state index in [1.807, 2.05) is 42.2 Å². The number of anilines is 2. The van der Waals surface area contributed by atoms with E-state index in [2.05, 4.69) is 34.2 Å². The smallest absolute Gasteiger partial charge is 0.225 e. The van der Waals surface area contributed by atoms with E-state index >= 15 is 0 Å². The molecular weight excluding hydrogens is 388 g/mol. The lowest BCUT2D eigenvalue weighted by Crippen LogP contribution is -2.40. The van der Waals surface area contributed by atoms with Crippen LogP contribution >= 0.6 is 0 Å². The van der Waals surface area contributed by atoms with Crippen molar-refractivity contribution < 1.29 is 0 Å². The summed E-state index contributed by atoms with van der Waals surface area (Å²) in [4.78, 5) is 14.2. The molecule has 0 radical (unpaired) electrons. The maximum Gasteiger partial charge on any atom is 0.225 e. The third kappa shape index (κ3) is 3.74. The quantitative estimate of drug-likeness (QED) is 0.632. The lowest BCUT2D eigenvalue weighted by molar-refractivity contribution is 0.460. The number of nitrogen functional groups attached to an aromatic ring is 1. The first kappa shape index (κ1) is 19.6. The van der Waals surface area contributed by atoms with Crippen LogP contribution in [0.25, 0.3) is 23.0 Å². The van der Waals surface area contributed by atoms with E-state index in [9.17, 15) is 0 Å².